The predicted octanol–water partition coefficient (Wildman–Crippen LogP) is 4.09. The summed E-state index contributed by atoms with van der Waals surface area (Å²) >= 11 is 13.6. The van der Waals surface area contributed by atoms with E-state index in [4.69, 9.17) is 23.2 Å². The van der Waals surface area contributed by atoms with Crippen LogP contribution in [0.15, 0.2) is 23.7 Å². The zero-order chi connectivity index (χ0) is 13.1. The van der Waals surface area contributed by atoms with E-state index in [1.165, 1.54) is 11.8 Å². The number of pyridine rings is 1. The third kappa shape index (κ3) is 3.13. The van der Waals surface area contributed by atoms with Crippen LogP contribution < -0.4 is 0 Å². The molecule has 0 N–H and O–H groups in total. The third-order valence-electron chi connectivity index (χ3n) is 2.50. The van der Waals surface area contributed by atoms with Gasteiger partial charge in [0.1, 0.15) is 0 Å². The van der Waals surface area contributed by atoms with Crippen molar-refractivity contribution in [1.29, 1.82) is 0 Å². The fourth-order valence-electron chi connectivity index (χ4n) is 1.29. The van der Waals surface area contributed by atoms with Crippen molar-refractivity contribution in [1.82, 2.24) is 15.0 Å². The van der Waals surface area contributed by atoms with Gasteiger partial charge in [0.2, 0.25) is 0 Å². The highest BCUT2D eigenvalue weighted by Gasteiger charge is 2.08. The maximum Gasteiger partial charge on any atom is 0.188 e. The van der Waals surface area contributed by atoms with Crippen molar-refractivity contribution in [3.05, 3.63) is 45.5 Å². The molecule has 0 amide bonds. The molecule has 0 saturated carbocycles. The van der Waals surface area contributed by atoms with E-state index in [2.05, 4.69) is 15.0 Å². The molecule has 0 fully saturated rings. The highest BCUT2D eigenvalue weighted by atomic mass is 35.5. The number of hydrogen-bond donors (Lipinski definition) is 0. The molecular formula is C12H11Cl2N3S. The number of halogens is 2. The normalized spacial score (nSPS) is 10.7. The standard InChI is InChI=1S/C12H11Cl2N3S/c1-7-3-16-12(17-8(7)2)18-6-9-10(13)4-15-5-11(9)14/h3-5H,6H2,1-2H3. The summed E-state index contributed by atoms with van der Waals surface area (Å²) in [5.74, 6) is 0.628. The van der Waals surface area contributed by atoms with E-state index < -0.39 is 0 Å². The molecule has 0 aliphatic heterocycles. The van der Waals surface area contributed by atoms with Crippen molar-refractivity contribution >= 4 is 35.0 Å². The van der Waals surface area contributed by atoms with Crippen LogP contribution >= 0.6 is 35.0 Å². The Kier molecular flexibility index (Phi) is 4.43. The maximum atomic E-state index is 6.05. The maximum absolute atomic E-state index is 6.05. The molecule has 3 nitrogen and oxygen atoms in total. The second-order valence-electron chi connectivity index (χ2n) is 3.79. The monoisotopic (exact) mass is 299 g/mol. The van der Waals surface area contributed by atoms with E-state index in [-0.39, 0.29) is 0 Å². The van der Waals surface area contributed by atoms with Crippen LogP contribution in [0.3, 0.4) is 0 Å². The van der Waals surface area contributed by atoms with Crippen LogP contribution in [0.5, 0.6) is 0 Å². The highest BCUT2D eigenvalue weighted by molar-refractivity contribution is 7.98. The molecule has 0 aliphatic rings. The van der Waals surface area contributed by atoms with E-state index in [1.807, 2.05) is 20.0 Å². The van der Waals surface area contributed by atoms with Gasteiger partial charge < -0.3 is 0 Å². The van der Waals surface area contributed by atoms with Crippen molar-refractivity contribution in [2.45, 2.75) is 24.8 Å². The first-order valence-electron chi connectivity index (χ1n) is 5.29. The minimum atomic E-state index is 0.568. The van der Waals surface area contributed by atoms with Gasteiger partial charge >= 0.3 is 0 Å². The van der Waals surface area contributed by atoms with Gasteiger partial charge in [-0.25, -0.2) is 9.97 Å². The van der Waals surface area contributed by atoms with Crippen LogP contribution in [-0.4, -0.2) is 15.0 Å². The van der Waals surface area contributed by atoms with E-state index in [9.17, 15) is 0 Å². The highest BCUT2D eigenvalue weighted by Crippen LogP contribution is 2.29. The second kappa shape index (κ2) is 5.87. The largest absolute Gasteiger partial charge is 0.262 e. The van der Waals surface area contributed by atoms with E-state index >= 15 is 0 Å². The molecule has 2 aromatic rings. The van der Waals surface area contributed by atoms with E-state index in [1.54, 1.807) is 12.4 Å². The van der Waals surface area contributed by atoms with Gasteiger partial charge in [-0.15, -0.1) is 0 Å². The predicted molar refractivity (Wildman–Crippen MR) is 75.3 cm³/mol. The lowest BCUT2D eigenvalue weighted by atomic mass is 10.3. The molecule has 0 radical (unpaired) electrons. The Labute approximate surface area is 120 Å². The summed E-state index contributed by atoms with van der Waals surface area (Å²) in [5.41, 5.74) is 2.93. The minimum absolute atomic E-state index is 0.568. The first-order chi connectivity index (χ1) is 8.58. The average molecular weight is 300 g/mol. The molecule has 2 rings (SSSR count). The van der Waals surface area contributed by atoms with E-state index in [0.29, 0.717) is 15.8 Å². The zero-order valence-corrected chi connectivity index (χ0v) is 12.3. The number of nitrogens with zero attached hydrogens (tertiary/aromatic N) is 3. The fourth-order valence-corrected chi connectivity index (χ4v) is 2.86. The van der Waals surface area contributed by atoms with Gasteiger partial charge in [0.05, 0.1) is 10.0 Å². The van der Waals surface area contributed by atoms with Gasteiger partial charge in [-0.3, -0.25) is 4.98 Å². The SMILES string of the molecule is Cc1cnc(SCc2c(Cl)cncc2Cl)nc1C. The van der Waals surface area contributed by atoms with Crippen LogP contribution in [0.2, 0.25) is 10.0 Å². The summed E-state index contributed by atoms with van der Waals surface area (Å²) in [6.45, 7) is 3.95. The van der Waals surface area contributed by atoms with Crippen molar-refractivity contribution in [2.75, 3.05) is 0 Å². The smallest absolute Gasteiger partial charge is 0.188 e. The number of rotatable bonds is 3. The van der Waals surface area contributed by atoms with Crippen molar-refractivity contribution in [2.24, 2.45) is 0 Å². The minimum Gasteiger partial charge on any atom is -0.262 e. The molecule has 0 bridgehead atoms. The summed E-state index contributed by atoms with van der Waals surface area (Å²) in [6, 6.07) is 0. The summed E-state index contributed by atoms with van der Waals surface area (Å²) < 4.78 is 0. The lowest BCUT2D eigenvalue weighted by Gasteiger charge is -2.06. The Balaban J connectivity index is 2.14. The quantitative estimate of drug-likeness (QED) is 0.632. The van der Waals surface area contributed by atoms with Gasteiger partial charge in [-0.1, -0.05) is 35.0 Å². The van der Waals surface area contributed by atoms with Gasteiger partial charge in [0, 0.05) is 35.6 Å². The van der Waals surface area contributed by atoms with Gasteiger partial charge in [0.25, 0.3) is 0 Å². The number of aryl methyl sites for hydroxylation is 2. The lowest BCUT2D eigenvalue weighted by Crippen LogP contribution is -1.94. The van der Waals surface area contributed by atoms with Crippen LogP contribution in [0.4, 0.5) is 0 Å². The zero-order valence-electron chi connectivity index (χ0n) is 9.94. The molecule has 18 heavy (non-hydrogen) atoms. The van der Waals surface area contributed by atoms with Crippen molar-refractivity contribution < 1.29 is 0 Å². The number of thioether (sulfide) groups is 1. The molecule has 6 heteroatoms. The van der Waals surface area contributed by atoms with Gasteiger partial charge in [0.15, 0.2) is 5.16 Å². The molecule has 0 saturated heterocycles. The third-order valence-corrected chi connectivity index (χ3v) is 4.04. The summed E-state index contributed by atoms with van der Waals surface area (Å²) in [5, 5.41) is 1.86. The Morgan fingerprint density at radius 1 is 1.11 bits per heavy atom. The van der Waals surface area contributed by atoms with Crippen molar-refractivity contribution in [3.63, 3.8) is 0 Å². The summed E-state index contributed by atoms with van der Waals surface area (Å²) in [4.78, 5) is 12.6. The Morgan fingerprint density at radius 2 is 1.78 bits per heavy atom. The fraction of sp³-hybridized carbons (Fsp3) is 0.250. The van der Waals surface area contributed by atoms with Crippen LogP contribution in [-0.2, 0) is 5.75 Å². The summed E-state index contributed by atoms with van der Waals surface area (Å²) in [7, 11) is 0. The Hall–Kier alpha value is -0.840. The van der Waals surface area contributed by atoms with Gasteiger partial charge in [-0.05, 0) is 19.4 Å². The van der Waals surface area contributed by atoms with Crippen LogP contribution in [0.1, 0.15) is 16.8 Å². The Bertz CT molecular complexity index is 555. The topological polar surface area (TPSA) is 38.7 Å². The Morgan fingerprint density at radius 3 is 2.39 bits per heavy atom. The molecule has 0 aromatic carbocycles. The molecule has 0 unspecified atom stereocenters. The molecule has 2 heterocycles. The summed E-state index contributed by atoms with van der Waals surface area (Å²) in [6.07, 6.45) is 5.00. The molecule has 0 spiro atoms. The number of aromatic nitrogens is 3. The lowest BCUT2D eigenvalue weighted by molar-refractivity contribution is 0.912. The van der Waals surface area contributed by atoms with Gasteiger partial charge in [-0.2, -0.15) is 0 Å². The molecule has 94 valence electrons. The first kappa shape index (κ1) is 13.6. The van der Waals surface area contributed by atoms with Crippen molar-refractivity contribution in [3.8, 4) is 0 Å². The van der Waals surface area contributed by atoms with Crippen LogP contribution in [0.25, 0.3) is 0 Å². The molecule has 0 aliphatic carbocycles. The first-order valence-corrected chi connectivity index (χ1v) is 7.03. The molecular weight excluding hydrogens is 289 g/mol. The molecule has 2 aromatic heterocycles. The number of hydrogen-bond acceptors (Lipinski definition) is 4. The second-order valence-corrected chi connectivity index (χ2v) is 5.55. The molecule has 0 atom stereocenters. The average Bonchev–Trinajstić information content (AvgIpc) is 2.33. The van der Waals surface area contributed by atoms with E-state index in [0.717, 1.165) is 22.0 Å². The van der Waals surface area contributed by atoms with Crippen LogP contribution in [0, 0.1) is 13.8 Å².